The Kier molecular flexibility index (Phi) is 20.7. The molecule has 0 fully saturated rings. The topological polar surface area (TPSA) is 107 Å². The molecule has 0 spiro atoms. The van der Waals surface area contributed by atoms with Crippen LogP contribution in [-0.2, 0) is 0 Å². The summed E-state index contributed by atoms with van der Waals surface area (Å²) in [6, 6.07) is 189. The lowest BCUT2D eigenvalue weighted by Gasteiger charge is -2.13. The van der Waals surface area contributed by atoms with Gasteiger partial charge in [-0.1, -0.05) is 352 Å². The summed E-state index contributed by atoms with van der Waals surface area (Å²) in [5.41, 5.74) is 34.4. The van der Waals surface area contributed by atoms with E-state index in [1.165, 1.54) is 148 Å². The van der Waals surface area contributed by atoms with Gasteiger partial charge in [-0.3, -0.25) is 9.13 Å². The van der Waals surface area contributed by atoms with Crippen LogP contribution in [0, 0.1) is 0 Å². The fourth-order valence-corrected chi connectivity index (χ4v) is 22.9. The molecule has 0 amide bonds. The summed E-state index contributed by atoms with van der Waals surface area (Å²) in [6.07, 6.45) is 0. The minimum atomic E-state index is 0.668. The third-order valence-electron chi connectivity index (χ3n) is 29.8. The zero-order valence-corrected chi connectivity index (χ0v) is 81.2. The molecule has 9 aromatic heterocycles. The minimum Gasteiger partial charge on any atom is -0.309 e. The summed E-state index contributed by atoms with van der Waals surface area (Å²) < 4.78 is 14.0. The molecule has 0 aliphatic carbocycles. The van der Waals surface area contributed by atoms with Crippen LogP contribution >= 0.6 is 0 Å². The van der Waals surface area contributed by atoms with Crippen LogP contribution in [0.3, 0.4) is 0 Å². The molecule has 12 heteroatoms. The van der Waals surface area contributed by atoms with Gasteiger partial charge in [0.2, 0.25) is 5.95 Å². The van der Waals surface area contributed by atoms with Gasteiger partial charge in [0, 0.05) is 126 Å². The third-order valence-corrected chi connectivity index (χ3v) is 29.8. The van der Waals surface area contributed by atoms with E-state index in [1.54, 1.807) is 0 Å². The molecule has 0 bridgehead atoms. The van der Waals surface area contributed by atoms with Crippen LogP contribution < -0.4 is 0 Å². The lowest BCUT2D eigenvalue weighted by molar-refractivity contribution is 1.01. The SMILES string of the molecule is c1ccc(-c2nc(-c3cccc(-n4c5ccccc5c5cc(-c6ccc7c(c6)c6ccccc6n7-c6ccccc6)ccc54)c3)c3ccccc3n2)cc1.c1ccc(-c2nc(-n3c4ccccc4c4cc(-c5ccc6c(c5)c5ccccc5n6-c5ccccc5)ccc43)c3ccccc3n2)cc1.c1ccc(-c2nc(-n3c4ccccc4c4cc(-c5ccc6c(c5)c5ccccc5n6-c5ccccc5)ccc43)nc3ccccc23)cc1. The van der Waals surface area contributed by atoms with E-state index in [2.05, 4.69) is 501 Å². The first-order chi connectivity index (χ1) is 74.4. The summed E-state index contributed by atoms with van der Waals surface area (Å²) in [5, 5.41) is 17.8. The van der Waals surface area contributed by atoms with Gasteiger partial charge < -0.3 is 18.3 Å². The molecule has 0 N–H and O–H groups in total. The highest BCUT2D eigenvalue weighted by molar-refractivity contribution is 6.18. The van der Waals surface area contributed by atoms with Gasteiger partial charge in [0.15, 0.2) is 11.6 Å². The van der Waals surface area contributed by atoms with E-state index < -0.39 is 0 Å². The highest BCUT2D eigenvalue weighted by Crippen LogP contribution is 2.46. The predicted molar refractivity (Wildman–Crippen MR) is 623 cm³/mol. The first-order valence-corrected chi connectivity index (χ1v) is 50.9. The second kappa shape index (κ2) is 35.9. The summed E-state index contributed by atoms with van der Waals surface area (Å²) >= 11 is 0. The number of rotatable bonds is 13. The van der Waals surface area contributed by atoms with Gasteiger partial charge in [0.1, 0.15) is 5.82 Å². The summed E-state index contributed by atoms with van der Waals surface area (Å²) in [5.74, 6) is 2.99. The smallest absolute Gasteiger partial charge is 0.235 e. The summed E-state index contributed by atoms with van der Waals surface area (Å²) in [7, 11) is 0. The molecule has 0 radical (unpaired) electrons. The molecular weight excluding hydrogens is 1830 g/mol. The van der Waals surface area contributed by atoms with Crippen LogP contribution in [0.15, 0.2) is 534 Å². The Balaban J connectivity index is 0.000000106. The Bertz CT molecular complexity index is 10800. The van der Waals surface area contributed by atoms with Crippen LogP contribution in [0.25, 0.3) is 277 Å². The number of nitrogens with zero attached hydrogens (tertiary/aromatic N) is 12. The molecule has 0 aliphatic heterocycles. The largest absolute Gasteiger partial charge is 0.309 e. The van der Waals surface area contributed by atoms with E-state index >= 15 is 0 Å². The predicted octanol–water partition coefficient (Wildman–Crippen LogP) is 35.1. The number of para-hydroxylation sites is 12. The van der Waals surface area contributed by atoms with Gasteiger partial charge in [-0.05, 0) is 215 Å². The summed E-state index contributed by atoms with van der Waals surface area (Å²) in [6.45, 7) is 0. The Morgan fingerprint density at radius 3 is 0.727 bits per heavy atom. The van der Waals surface area contributed by atoms with Crippen molar-refractivity contribution in [1.29, 1.82) is 0 Å². The molecular formula is C138H88N12. The highest BCUT2D eigenvalue weighted by Gasteiger charge is 2.26. The Morgan fingerprint density at radius 1 is 0.120 bits per heavy atom. The maximum atomic E-state index is 5.23. The standard InChI is InChI=1S/C50H32N4.2C44H28N4/c1-3-14-33(15-4-1)50-51-44-23-10-7-22-41(44)49(52-50)36-16-13-19-38(30-36)54-46-25-12-9-21-40(46)43-32-35(27-29-48(43)54)34-26-28-47-42(31-34)39-20-8-11-24-45(39)53(47)37-17-5-2-6-18-37;1-3-13-29(14-4-1)43-45-38-20-10-7-19-35(38)44(46-43)48-40-22-12-9-18-34(40)37-28-31(24-26-42(37)48)30-23-25-41-36(27-30)33-17-8-11-21-39(33)47(41)32-15-5-2-6-16-32;1-3-13-29(14-4-1)43-35-19-7-10-20-38(35)45-44(46-43)48-40-22-12-9-18-34(40)37-28-31(24-26-42(37)48)30-23-25-41-36(27-30)33-17-8-11-21-39(33)47(41)32-15-5-2-6-16-32/h1-32H;2*1-28H. The van der Waals surface area contributed by atoms with E-state index in [4.69, 9.17) is 29.9 Å². The maximum absolute atomic E-state index is 5.23. The lowest BCUT2D eigenvalue weighted by atomic mass is 10.0. The molecule has 0 saturated carbocycles. The van der Waals surface area contributed by atoms with Crippen LogP contribution in [0.1, 0.15) is 0 Å². The van der Waals surface area contributed by atoms with Gasteiger partial charge in [-0.15, -0.1) is 0 Å². The van der Waals surface area contributed by atoms with Gasteiger partial charge >= 0.3 is 0 Å². The van der Waals surface area contributed by atoms with Crippen molar-refractivity contribution < 1.29 is 0 Å². The molecule has 12 nitrogen and oxygen atoms in total. The fraction of sp³-hybridized carbons (Fsp3) is 0. The Hall–Kier alpha value is -20.3. The fourth-order valence-electron chi connectivity index (χ4n) is 22.9. The zero-order valence-electron chi connectivity index (χ0n) is 81.2. The molecule has 22 aromatic carbocycles. The van der Waals surface area contributed by atoms with Crippen molar-refractivity contribution in [1.82, 2.24) is 57.3 Å². The molecule has 0 atom stereocenters. The van der Waals surface area contributed by atoms with Crippen LogP contribution in [0.5, 0.6) is 0 Å². The van der Waals surface area contributed by atoms with Crippen molar-refractivity contribution in [3.8, 4) is 113 Å². The highest BCUT2D eigenvalue weighted by atomic mass is 15.2. The van der Waals surface area contributed by atoms with Gasteiger partial charge in [0.05, 0.1) is 94.1 Å². The Morgan fingerprint density at radius 2 is 0.360 bits per heavy atom. The van der Waals surface area contributed by atoms with Crippen molar-refractivity contribution in [3.63, 3.8) is 0 Å². The molecule has 150 heavy (non-hydrogen) atoms. The normalized spacial score (nSPS) is 11.7. The van der Waals surface area contributed by atoms with E-state index in [1.807, 2.05) is 60.7 Å². The molecule has 0 saturated heterocycles. The van der Waals surface area contributed by atoms with Crippen molar-refractivity contribution in [2.75, 3.05) is 0 Å². The van der Waals surface area contributed by atoms with Crippen LogP contribution in [0.4, 0.5) is 0 Å². The molecule has 0 aliphatic rings. The van der Waals surface area contributed by atoms with Crippen LogP contribution in [0.2, 0.25) is 0 Å². The number of benzene rings is 22. The van der Waals surface area contributed by atoms with Crippen LogP contribution in [-0.4, -0.2) is 57.3 Å². The molecule has 9 heterocycles. The minimum absolute atomic E-state index is 0.668. The molecule has 31 aromatic rings. The first-order valence-electron chi connectivity index (χ1n) is 50.9. The number of aromatic nitrogens is 12. The second-order valence-corrected chi connectivity index (χ2v) is 38.4. The first kappa shape index (κ1) is 86.3. The number of hydrogen-bond donors (Lipinski definition) is 0. The molecule has 0 unspecified atom stereocenters. The van der Waals surface area contributed by atoms with Crippen molar-refractivity contribution in [2.45, 2.75) is 0 Å². The van der Waals surface area contributed by atoms with E-state index in [0.29, 0.717) is 5.95 Å². The van der Waals surface area contributed by atoms with E-state index in [0.717, 1.165) is 123 Å². The van der Waals surface area contributed by atoms with Crippen molar-refractivity contribution >= 4 is 164 Å². The van der Waals surface area contributed by atoms with E-state index in [-0.39, 0.29) is 0 Å². The molecule has 31 rings (SSSR count). The number of hydrogen-bond acceptors (Lipinski definition) is 6. The molecule has 700 valence electrons. The van der Waals surface area contributed by atoms with Gasteiger partial charge in [-0.25, -0.2) is 29.9 Å². The van der Waals surface area contributed by atoms with E-state index in [9.17, 15) is 0 Å². The summed E-state index contributed by atoms with van der Waals surface area (Å²) in [4.78, 5) is 30.7. The third kappa shape index (κ3) is 14.6. The number of fused-ring (bicyclic) bond motifs is 21. The zero-order chi connectivity index (χ0) is 98.8. The lowest BCUT2D eigenvalue weighted by Crippen LogP contribution is -2.03. The van der Waals surface area contributed by atoms with Crippen molar-refractivity contribution in [2.24, 2.45) is 0 Å². The monoisotopic (exact) mass is 1910 g/mol. The maximum Gasteiger partial charge on any atom is 0.235 e. The van der Waals surface area contributed by atoms with Crippen molar-refractivity contribution in [3.05, 3.63) is 534 Å². The Labute approximate surface area is 861 Å². The van der Waals surface area contributed by atoms with Gasteiger partial charge in [0.25, 0.3) is 0 Å². The average molecular weight is 1910 g/mol. The van der Waals surface area contributed by atoms with Gasteiger partial charge in [-0.2, -0.15) is 0 Å². The quantitative estimate of drug-likeness (QED) is 0.114. The second-order valence-electron chi connectivity index (χ2n) is 38.4. The average Bonchev–Trinajstić information content (AvgIpc) is 1.59.